The molecule has 26 heavy (non-hydrogen) atoms. The quantitative estimate of drug-likeness (QED) is 0.727. The van der Waals surface area contributed by atoms with Crippen LogP contribution in [0.3, 0.4) is 0 Å². The summed E-state index contributed by atoms with van der Waals surface area (Å²) in [6, 6.07) is 5.53. The van der Waals surface area contributed by atoms with Gasteiger partial charge in [-0.05, 0) is 31.5 Å². The molecule has 1 aromatic carbocycles. The lowest BCUT2D eigenvalue weighted by Gasteiger charge is -2.38. The van der Waals surface area contributed by atoms with Crippen LogP contribution in [-0.2, 0) is 14.3 Å². The SMILES string of the molecule is CCN1C(N(C)CCOC)=NC(c2cccc(F)c2)C(C(=O)OC)=C1C. The average Bonchev–Trinajstić information content (AvgIpc) is 2.64. The lowest BCUT2D eigenvalue weighted by atomic mass is 9.95. The molecule has 0 amide bonds. The Kier molecular flexibility index (Phi) is 6.74. The zero-order chi connectivity index (χ0) is 19.3. The monoisotopic (exact) mass is 363 g/mol. The zero-order valence-corrected chi connectivity index (χ0v) is 16.0. The molecule has 1 unspecified atom stereocenters. The fourth-order valence-electron chi connectivity index (χ4n) is 3.04. The Morgan fingerprint density at radius 3 is 2.69 bits per heavy atom. The van der Waals surface area contributed by atoms with Crippen LogP contribution >= 0.6 is 0 Å². The van der Waals surface area contributed by atoms with Crippen LogP contribution in [0.25, 0.3) is 0 Å². The van der Waals surface area contributed by atoms with Crippen LogP contribution in [0.15, 0.2) is 40.5 Å². The van der Waals surface area contributed by atoms with Crippen LogP contribution in [0.2, 0.25) is 0 Å². The first kappa shape index (κ1) is 19.9. The normalized spacial score (nSPS) is 17.2. The van der Waals surface area contributed by atoms with Crippen molar-refractivity contribution in [2.24, 2.45) is 4.99 Å². The number of esters is 1. The standard InChI is InChI=1S/C19H26FN3O3/c1-6-23-13(2)16(18(24)26-5)17(14-8-7-9-15(20)12-14)21-19(23)22(3)10-11-25-4/h7-9,12,17H,6,10-11H2,1-5H3. The molecule has 1 aliphatic heterocycles. The van der Waals surface area contributed by atoms with E-state index in [1.54, 1.807) is 19.2 Å². The number of hydrogen-bond donors (Lipinski definition) is 0. The number of benzene rings is 1. The molecule has 0 fully saturated rings. The molecule has 0 spiro atoms. The van der Waals surface area contributed by atoms with Crippen molar-refractivity contribution in [3.05, 3.63) is 46.9 Å². The third-order valence-electron chi connectivity index (χ3n) is 4.41. The second-order valence-electron chi connectivity index (χ2n) is 6.04. The molecule has 7 heteroatoms. The van der Waals surface area contributed by atoms with E-state index in [-0.39, 0.29) is 5.82 Å². The smallest absolute Gasteiger partial charge is 0.338 e. The van der Waals surface area contributed by atoms with Gasteiger partial charge in [0.1, 0.15) is 11.9 Å². The molecular formula is C19H26FN3O3. The molecule has 1 aromatic rings. The Hall–Kier alpha value is -2.41. The van der Waals surface area contributed by atoms with Gasteiger partial charge in [-0.25, -0.2) is 14.2 Å². The minimum atomic E-state index is -0.624. The Balaban J connectivity index is 2.55. The number of ether oxygens (including phenoxy) is 2. The number of allylic oxidation sites excluding steroid dienone is 1. The molecule has 0 N–H and O–H groups in total. The van der Waals surface area contributed by atoms with Gasteiger partial charge in [0, 0.05) is 32.9 Å². The fraction of sp³-hybridized carbons (Fsp3) is 0.474. The minimum absolute atomic E-state index is 0.369. The summed E-state index contributed by atoms with van der Waals surface area (Å²) in [4.78, 5) is 21.2. The first-order valence-electron chi connectivity index (χ1n) is 8.54. The third kappa shape index (κ3) is 4.04. The first-order chi connectivity index (χ1) is 12.4. The van der Waals surface area contributed by atoms with Gasteiger partial charge in [-0.15, -0.1) is 0 Å². The van der Waals surface area contributed by atoms with Crippen molar-refractivity contribution in [1.29, 1.82) is 0 Å². The van der Waals surface area contributed by atoms with Crippen molar-refractivity contribution in [1.82, 2.24) is 9.80 Å². The number of halogens is 1. The van der Waals surface area contributed by atoms with Gasteiger partial charge < -0.3 is 19.3 Å². The summed E-state index contributed by atoms with van der Waals surface area (Å²) < 4.78 is 23.9. The highest BCUT2D eigenvalue weighted by Gasteiger charge is 2.34. The summed E-state index contributed by atoms with van der Waals surface area (Å²) in [5.74, 6) is -0.117. The van der Waals surface area contributed by atoms with E-state index in [9.17, 15) is 9.18 Å². The van der Waals surface area contributed by atoms with Crippen molar-refractivity contribution in [3.63, 3.8) is 0 Å². The molecule has 0 aliphatic carbocycles. The Labute approximate surface area is 153 Å². The van der Waals surface area contributed by atoms with Crippen molar-refractivity contribution in [3.8, 4) is 0 Å². The lowest BCUT2D eigenvalue weighted by Crippen LogP contribution is -2.46. The van der Waals surface area contributed by atoms with Crippen LogP contribution in [0.1, 0.15) is 25.5 Å². The molecule has 0 radical (unpaired) electrons. The molecular weight excluding hydrogens is 337 g/mol. The third-order valence-corrected chi connectivity index (χ3v) is 4.41. The van der Waals surface area contributed by atoms with Gasteiger partial charge >= 0.3 is 5.97 Å². The van der Waals surface area contributed by atoms with Gasteiger partial charge in [0.25, 0.3) is 0 Å². The molecule has 142 valence electrons. The van der Waals surface area contributed by atoms with Crippen LogP contribution in [-0.4, -0.2) is 62.7 Å². The van der Waals surface area contributed by atoms with Gasteiger partial charge in [0.15, 0.2) is 0 Å². The molecule has 0 saturated carbocycles. The maximum atomic E-state index is 13.8. The zero-order valence-electron chi connectivity index (χ0n) is 16.0. The van der Waals surface area contributed by atoms with Gasteiger partial charge in [-0.3, -0.25) is 0 Å². The highest BCUT2D eigenvalue weighted by molar-refractivity contribution is 5.95. The van der Waals surface area contributed by atoms with E-state index in [0.29, 0.717) is 36.8 Å². The summed E-state index contributed by atoms with van der Waals surface area (Å²) in [6.45, 7) is 5.67. The summed E-state index contributed by atoms with van der Waals surface area (Å²) >= 11 is 0. The summed E-state index contributed by atoms with van der Waals surface area (Å²) in [5, 5.41) is 0. The fourth-order valence-corrected chi connectivity index (χ4v) is 3.04. The molecule has 1 aliphatic rings. The molecule has 0 bridgehead atoms. The van der Waals surface area contributed by atoms with Crippen molar-refractivity contribution in [2.45, 2.75) is 19.9 Å². The molecule has 0 aromatic heterocycles. The molecule has 2 rings (SSSR count). The van der Waals surface area contributed by atoms with Crippen molar-refractivity contribution in [2.75, 3.05) is 41.0 Å². The van der Waals surface area contributed by atoms with Crippen LogP contribution in [0.4, 0.5) is 4.39 Å². The predicted molar refractivity (Wildman–Crippen MR) is 98.2 cm³/mol. The van der Waals surface area contributed by atoms with E-state index in [0.717, 1.165) is 5.70 Å². The van der Waals surface area contributed by atoms with E-state index < -0.39 is 12.0 Å². The van der Waals surface area contributed by atoms with E-state index in [1.165, 1.54) is 19.2 Å². The highest BCUT2D eigenvalue weighted by Crippen LogP contribution is 2.35. The van der Waals surface area contributed by atoms with E-state index in [4.69, 9.17) is 14.5 Å². The molecule has 6 nitrogen and oxygen atoms in total. The number of carbonyl (C=O) groups excluding carboxylic acids is 1. The largest absolute Gasteiger partial charge is 0.466 e. The van der Waals surface area contributed by atoms with E-state index in [1.807, 2.05) is 30.7 Å². The van der Waals surface area contributed by atoms with Crippen molar-refractivity contribution >= 4 is 11.9 Å². The van der Waals surface area contributed by atoms with Crippen LogP contribution in [0, 0.1) is 5.82 Å². The topological polar surface area (TPSA) is 54.4 Å². The number of methoxy groups -OCH3 is 2. The second kappa shape index (κ2) is 8.80. The first-order valence-corrected chi connectivity index (χ1v) is 8.54. The Bertz CT molecular complexity index is 718. The summed E-state index contributed by atoms with van der Waals surface area (Å²) in [7, 11) is 4.90. The van der Waals surface area contributed by atoms with Crippen LogP contribution in [0.5, 0.6) is 0 Å². The number of aliphatic imine (C=N–C) groups is 1. The number of guanidine groups is 1. The number of rotatable bonds is 6. The highest BCUT2D eigenvalue weighted by atomic mass is 19.1. The van der Waals surface area contributed by atoms with E-state index in [2.05, 4.69) is 0 Å². The number of nitrogens with zero attached hydrogens (tertiary/aromatic N) is 3. The van der Waals surface area contributed by atoms with Crippen molar-refractivity contribution < 1.29 is 18.7 Å². The van der Waals surface area contributed by atoms with Gasteiger partial charge in [-0.1, -0.05) is 12.1 Å². The lowest BCUT2D eigenvalue weighted by molar-refractivity contribution is -0.136. The number of likely N-dealkylation sites (N-methyl/N-ethyl adjacent to an activating group) is 1. The van der Waals surface area contributed by atoms with Gasteiger partial charge in [0.2, 0.25) is 5.96 Å². The maximum absolute atomic E-state index is 13.8. The Morgan fingerprint density at radius 2 is 2.12 bits per heavy atom. The van der Waals surface area contributed by atoms with E-state index >= 15 is 0 Å². The maximum Gasteiger partial charge on any atom is 0.338 e. The van der Waals surface area contributed by atoms with Gasteiger partial charge in [-0.2, -0.15) is 0 Å². The minimum Gasteiger partial charge on any atom is -0.466 e. The molecule has 0 saturated heterocycles. The Morgan fingerprint density at radius 1 is 1.38 bits per heavy atom. The predicted octanol–water partition coefficient (Wildman–Crippen LogP) is 2.58. The summed E-state index contributed by atoms with van der Waals surface area (Å²) in [6.07, 6.45) is 0. The number of carbonyl (C=O) groups is 1. The average molecular weight is 363 g/mol. The molecule has 1 heterocycles. The summed E-state index contributed by atoms with van der Waals surface area (Å²) in [5.41, 5.74) is 1.78. The number of hydrogen-bond acceptors (Lipinski definition) is 6. The van der Waals surface area contributed by atoms with Crippen LogP contribution < -0.4 is 0 Å². The second-order valence-corrected chi connectivity index (χ2v) is 6.04. The van der Waals surface area contributed by atoms with Gasteiger partial charge in [0.05, 0.1) is 19.3 Å². The molecule has 1 atom stereocenters.